The summed E-state index contributed by atoms with van der Waals surface area (Å²) < 4.78 is 0. The van der Waals surface area contributed by atoms with Gasteiger partial charge in [0, 0.05) is 19.0 Å². The first-order valence-corrected chi connectivity index (χ1v) is 7.43. The smallest absolute Gasteiger partial charge is 0.220 e. The molecular weight excluding hydrogens is 297 g/mol. The molecule has 1 atom stereocenters. The Kier molecular flexibility index (Phi) is 10.6. The molecule has 2 fully saturated rings. The van der Waals surface area contributed by atoms with Gasteiger partial charge in [0.1, 0.15) is 0 Å². The molecule has 0 spiro atoms. The topological polar surface area (TPSA) is 44.4 Å². The summed E-state index contributed by atoms with van der Waals surface area (Å²) in [4.78, 5) is 14.2. The molecule has 0 aromatic carbocycles. The van der Waals surface area contributed by atoms with Crippen molar-refractivity contribution >= 4 is 30.7 Å². The first-order chi connectivity index (χ1) is 8.75. The van der Waals surface area contributed by atoms with E-state index >= 15 is 0 Å². The average Bonchev–Trinajstić information content (AvgIpc) is 2.81. The van der Waals surface area contributed by atoms with Crippen LogP contribution in [0.4, 0.5) is 0 Å². The predicted molar refractivity (Wildman–Crippen MR) is 88.0 cm³/mol. The van der Waals surface area contributed by atoms with E-state index < -0.39 is 0 Å². The Balaban J connectivity index is 0.00000180. The molecule has 0 saturated carbocycles. The van der Waals surface area contributed by atoms with E-state index in [0.29, 0.717) is 12.5 Å². The van der Waals surface area contributed by atoms with Crippen LogP contribution in [0.2, 0.25) is 0 Å². The molecule has 2 N–H and O–H groups in total. The SMILES string of the molecule is CN1CCCC1CNC(=O)CCC1CCNCC1.Cl.Cl. The lowest BCUT2D eigenvalue weighted by molar-refractivity contribution is -0.121. The number of carbonyl (C=O) groups is 1. The van der Waals surface area contributed by atoms with E-state index in [9.17, 15) is 4.79 Å². The minimum absolute atomic E-state index is 0. The minimum Gasteiger partial charge on any atom is -0.355 e. The second-order valence-corrected chi connectivity index (χ2v) is 5.81. The number of likely N-dealkylation sites (tertiary alicyclic amines) is 1. The number of hydrogen-bond donors (Lipinski definition) is 2. The van der Waals surface area contributed by atoms with E-state index in [1.54, 1.807) is 0 Å². The third kappa shape index (κ3) is 6.61. The molecule has 0 aromatic heterocycles. The summed E-state index contributed by atoms with van der Waals surface area (Å²) in [7, 11) is 2.15. The van der Waals surface area contributed by atoms with Crippen molar-refractivity contribution in [3.63, 3.8) is 0 Å². The Labute approximate surface area is 135 Å². The normalized spacial score (nSPS) is 23.8. The molecule has 20 heavy (non-hydrogen) atoms. The Morgan fingerprint density at radius 2 is 1.95 bits per heavy atom. The van der Waals surface area contributed by atoms with Crippen LogP contribution in [0.15, 0.2) is 0 Å². The van der Waals surface area contributed by atoms with E-state index in [0.717, 1.165) is 32.0 Å². The standard InChI is InChI=1S/C14H27N3O.2ClH/c1-17-10-2-3-13(17)11-16-14(18)5-4-12-6-8-15-9-7-12;;/h12-13,15H,2-11H2,1H3,(H,16,18);2*1H. The maximum absolute atomic E-state index is 11.8. The lowest BCUT2D eigenvalue weighted by Crippen LogP contribution is -2.38. The summed E-state index contributed by atoms with van der Waals surface area (Å²) in [5.41, 5.74) is 0. The van der Waals surface area contributed by atoms with Gasteiger partial charge in [-0.2, -0.15) is 0 Å². The molecule has 2 heterocycles. The largest absolute Gasteiger partial charge is 0.355 e. The van der Waals surface area contributed by atoms with Crippen molar-refractivity contribution in [3.8, 4) is 0 Å². The number of rotatable bonds is 5. The molecule has 1 amide bonds. The van der Waals surface area contributed by atoms with Crippen molar-refractivity contribution in [2.24, 2.45) is 5.92 Å². The third-order valence-corrected chi connectivity index (χ3v) is 4.44. The fraction of sp³-hybridized carbons (Fsp3) is 0.929. The van der Waals surface area contributed by atoms with Crippen LogP contribution in [-0.2, 0) is 4.79 Å². The van der Waals surface area contributed by atoms with Crippen molar-refractivity contribution in [2.75, 3.05) is 33.2 Å². The second-order valence-electron chi connectivity index (χ2n) is 5.81. The molecule has 0 bridgehead atoms. The Morgan fingerprint density at radius 1 is 1.25 bits per heavy atom. The van der Waals surface area contributed by atoms with Gasteiger partial charge in [0.25, 0.3) is 0 Å². The van der Waals surface area contributed by atoms with Gasteiger partial charge >= 0.3 is 0 Å². The van der Waals surface area contributed by atoms with E-state index in [-0.39, 0.29) is 30.7 Å². The number of hydrogen-bond acceptors (Lipinski definition) is 3. The molecule has 4 nitrogen and oxygen atoms in total. The molecule has 2 rings (SSSR count). The molecule has 6 heteroatoms. The van der Waals surface area contributed by atoms with Gasteiger partial charge in [-0.1, -0.05) is 0 Å². The van der Waals surface area contributed by atoms with Crippen LogP contribution in [0, 0.1) is 5.92 Å². The van der Waals surface area contributed by atoms with Crippen LogP contribution in [0.1, 0.15) is 38.5 Å². The molecule has 120 valence electrons. The summed E-state index contributed by atoms with van der Waals surface area (Å²) in [5, 5.41) is 6.46. The van der Waals surface area contributed by atoms with E-state index in [4.69, 9.17) is 0 Å². The molecule has 2 saturated heterocycles. The van der Waals surface area contributed by atoms with Gasteiger partial charge in [0.2, 0.25) is 5.91 Å². The van der Waals surface area contributed by atoms with Gasteiger partial charge in [-0.15, -0.1) is 24.8 Å². The Hall–Kier alpha value is -0.0300. The summed E-state index contributed by atoms with van der Waals surface area (Å²) in [6.07, 6.45) is 6.74. The highest BCUT2D eigenvalue weighted by atomic mass is 35.5. The number of nitrogens with one attached hydrogen (secondary N) is 2. The van der Waals surface area contributed by atoms with E-state index in [2.05, 4.69) is 22.6 Å². The van der Waals surface area contributed by atoms with E-state index in [1.807, 2.05) is 0 Å². The summed E-state index contributed by atoms with van der Waals surface area (Å²) in [6.45, 7) is 4.26. The predicted octanol–water partition coefficient (Wildman–Crippen LogP) is 1.82. The molecule has 2 aliphatic rings. The first-order valence-electron chi connectivity index (χ1n) is 7.43. The van der Waals surface area contributed by atoms with Crippen LogP contribution in [-0.4, -0.2) is 50.1 Å². The first kappa shape index (κ1) is 20.0. The average molecular weight is 326 g/mol. The molecule has 0 aromatic rings. The van der Waals surface area contributed by atoms with Gasteiger partial charge < -0.3 is 15.5 Å². The van der Waals surface area contributed by atoms with Crippen molar-refractivity contribution < 1.29 is 4.79 Å². The number of likely N-dealkylation sites (N-methyl/N-ethyl adjacent to an activating group) is 1. The van der Waals surface area contributed by atoms with Gasteiger partial charge in [0.05, 0.1) is 0 Å². The molecular formula is C14H29Cl2N3O. The van der Waals surface area contributed by atoms with Gasteiger partial charge in [-0.3, -0.25) is 4.79 Å². The zero-order chi connectivity index (χ0) is 12.8. The van der Waals surface area contributed by atoms with Crippen LogP contribution in [0.3, 0.4) is 0 Å². The maximum atomic E-state index is 11.8. The van der Waals surface area contributed by atoms with Crippen LogP contribution in [0.25, 0.3) is 0 Å². The zero-order valence-electron chi connectivity index (χ0n) is 12.4. The monoisotopic (exact) mass is 325 g/mol. The van der Waals surface area contributed by atoms with Gasteiger partial charge in [-0.05, 0) is 64.7 Å². The van der Waals surface area contributed by atoms with Crippen molar-refractivity contribution in [1.82, 2.24) is 15.5 Å². The van der Waals surface area contributed by atoms with Crippen LogP contribution < -0.4 is 10.6 Å². The summed E-state index contributed by atoms with van der Waals surface area (Å²) in [5.74, 6) is 1.000. The molecule has 2 aliphatic heterocycles. The quantitative estimate of drug-likeness (QED) is 0.810. The summed E-state index contributed by atoms with van der Waals surface area (Å²) in [6, 6.07) is 0.563. The summed E-state index contributed by atoms with van der Waals surface area (Å²) >= 11 is 0. The Bertz CT molecular complexity index is 273. The minimum atomic E-state index is 0. The van der Waals surface area contributed by atoms with Crippen molar-refractivity contribution in [3.05, 3.63) is 0 Å². The highest BCUT2D eigenvalue weighted by Gasteiger charge is 2.21. The highest BCUT2D eigenvalue weighted by molar-refractivity contribution is 5.85. The zero-order valence-corrected chi connectivity index (χ0v) is 14.0. The Morgan fingerprint density at radius 3 is 2.55 bits per heavy atom. The molecule has 0 aliphatic carbocycles. The number of carbonyl (C=O) groups excluding carboxylic acids is 1. The lowest BCUT2D eigenvalue weighted by Gasteiger charge is -2.23. The van der Waals surface area contributed by atoms with Crippen LogP contribution in [0.5, 0.6) is 0 Å². The van der Waals surface area contributed by atoms with Crippen molar-refractivity contribution in [2.45, 2.75) is 44.6 Å². The van der Waals surface area contributed by atoms with Crippen molar-refractivity contribution in [1.29, 1.82) is 0 Å². The fourth-order valence-corrected chi connectivity index (χ4v) is 3.06. The fourth-order valence-electron chi connectivity index (χ4n) is 3.06. The van der Waals surface area contributed by atoms with Gasteiger partial charge in [-0.25, -0.2) is 0 Å². The third-order valence-electron chi connectivity index (χ3n) is 4.44. The number of amides is 1. The number of halogens is 2. The lowest BCUT2D eigenvalue weighted by atomic mass is 9.93. The second kappa shape index (κ2) is 10.7. The van der Waals surface area contributed by atoms with Crippen LogP contribution >= 0.6 is 24.8 Å². The molecule has 0 radical (unpaired) electrons. The number of piperidine rings is 1. The highest BCUT2D eigenvalue weighted by Crippen LogP contribution is 2.17. The molecule has 1 unspecified atom stereocenters. The number of nitrogens with zero attached hydrogens (tertiary/aromatic N) is 1. The van der Waals surface area contributed by atoms with Gasteiger partial charge in [0.15, 0.2) is 0 Å². The maximum Gasteiger partial charge on any atom is 0.220 e. The van der Waals surface area contributed by atoms with E-state index in [1.165, 1.54) is 32.2 Å².